The molecule has 3 aliphatic rings. The third-order valence-corrected chi connectivity index (χ3v) is 12.5. The van der Waals surface area contributed by atoms with Gasteiger partial charge >= 0.3 is 18.2 Å². The minimum atomic E-state index is -2.16. The van der Waals surface area contributed by atoms with Crippen LogP contribution in [0.5, 0.6) is 0 Å². The largest absolute Gasteiger partial charge is 0.477 e. The standard InChI is InChI=1S/C26H39N3O8Si/c1-9-11-35-24(33)27-14-17(15-28(27)25(34)36-12-10-2)18-13-19-20(22(30)29(19)21(18)23(31)32)16(3)37-38(7,8)26(4,5)6/h9-10,16-17,19-20H,1-2,11-15H2,3-8H3,(H,31,32)/t16-,19-,20-/m1/s1. The fraction of sp³-hybridized carbons (Fsp3) is 0.615. The third-order valence-electron chi connectivity index (χ3n) is 7.88. The van der Waals surface area contributed by atoms with Crippen molar-refractivity contribution >= 4 is 32.4 Å². The summed E-state index contributed by atoms with van der Waals surface area (Å²) >= 11 is 0. The molecule has 0 aromatic rings. The quantitative estimate of drug-likeness (QED) is 0.262. The van der Waals surface area contributed by atoms with Crippen LogP contribution in [0.3, 0.4) is 0 Å². The Bertz CT molecular complexity index is 1020. The number of ether oxygens (including phenoxy) is 2. The van der Waals surface area contributed by atoms with Crippen molar-refractivity contribution in [3.63, 3.8) is 0 Å². The summed E-state index contributed by atoms with van der Waals surface area (Å²) in [7, 11) is -2.16. The third kappa shape index (κ3) is 5.37. The lowest BCUT2D eigenvalue weighted by atomic mass is 9.82. The maximum absolute atomic E-state index is 13.3. The summed E-state index contributed by atoms with van der Waals surface area (Å²) in [4.78, 5) is 52.3. The number of hydrogen-bond acceptors (Lipinski definition) is 7. The number of nitrogens with zero attached hydrogens (tertiary/aromatic N) is 3. The minimum Gasteiger partial charge on any atom is -0.477 e. The Hall–Kier alpha value is -3.12. The maximum Gasteiger partial charge on any atom is 0.429 e. The van der Waals surface area contributed by atoms with E-state index in [0.717, 1.165) is 10.0 Å². The Kier molecular flexibility index (Phi) is 8.47. The summed E-state index contributed by atoms with van der Waals surface area (Å²) in [6, 6.07) is -0.355. The van der Waals surface area contributed by atoms with Gasteiger partial charge in [0.25, 0.3) is 0 Å². The van der Waals surface area contributed by atoms with Gasteiger partial charge < -0.3 is 23.9 Å². The van der Waals surface area contributed by atoms with Crippen LogP contribution >= 0.6 is 0 Å². The fourth-order valence-electron chi connectivity index (χ4n) is 5.02. The molecule has 3 atom stereocenters. The molecule has 0 bridgehead atoms. The number of carboxylic acid groups (broad SMARTS) is 1. The van der Waals surface area contributed by atoms with Crippen LogP contribution < -0.4 is 0 Å². The summed E-state index contributed by atoms with van der Waals surface area (Å²) in [5, 5.41) is 12.2. The highest BCUT2D eigenvalue weighted by atomic mass is 28.4. The predicted molar refractivity (Wildman–Crippen MR) is 141 cm³/mol. The number of amides is 3. The van der Waals surface area contributed by atoms with Crippen LogP contribution in [0.1, 0.15) is 34.1 Å². The first-order chi connectivity index (χ1) is 17.7. The second kappa shape index (κ2) is 10.9. The van der Waals surface area contributed by atoms with Crippen molar-refractivity contribution in [2.24, 2.45) is 11.8 Å². The molecule has 2 fully saturated rings. The minimum absolute atomic E-state index is 0.000713. The molecule has 3 amide bonds. The number of rotatable bonds is 9. The van der Waals surface area contributed by atoms with Crippen molar-refractivity contribution in [1.82, 2.24) is 14.9 Å². The maximum atomic E-state index is 13.3. The van der Waals surface area contributed by atoms with Crippen LogP contribution in [0.4, 0.5) is 9.59 Å². The van der Waals surface area contributed by atoms with Gasteiger partial charge in [-0.1, -0.05) is 46.1 Å². The Labute approximate surface area is 224 Å². The molecule has 1 N–H and O–H groups in total. The van der Waals surface area contributed by atoms with Gasteiger partial charge in [-0.25, -0.2) is 24.4 Å². The summed E-state index contributed by atoms with van der Waals surface area (Å²) in [6.45, 7) is 19.4. The molecular weight excluding hydrogens is 510 g/mol. The first-order valence-electron chi connectivity index (χ1n) is 12.7. The first kappa shape index (κ1) is 29.4. The molecule has 2 saturated heterocycles. The van der Waals surface area contributed by atoms with E-state index in [0.29, 0.717) is 12.0 Å². The lowest BCUT2D eigenvalue weighted by Gasteiger charge is -2.48. The lowest BCUT2D eigenvalue weighted by Crippen LogP contribution is -2.63. The number of β-lactam (4-membered cyclic amide) rings is 1. The Balaban J connectivity index is 1.85. The molecule has 3 rings (SSSR count). The molecule has 12 heteroatoms. The van der Waals surface area contributed by atoms with Gasteiger partial charge in [0.05, 0.1) is 31.2 Å². The number of carbonyl (C=O) groups is 4. The zero-order chi connectivity index (χ0) is 28.6. The van der Waals surface area contributed by atoms with Crippen molar-refractivity contribution in [3.8, 4) is 0 Å². The van der Waals surface area contributed by atoms with Gasteiger partial charge in [0.1, 0.15) is 18.9 Å². The molecule has 0 aliphatic carbocycles. The first-order valence-corrected chi connectivity index (χ1v) is 15.6. The monoisotopic (exact) mass is 549 g/mol. The normalized spacial score (nSPS) is 22.7. The molecule has 11 nitrogen and oxygen atoms in total. The summed E-state index contributed by atoms with van der Waals surface area (Å²) < 4.78 is 16.7. The number of aliphatic carboxylic acids is 1. The molecule has 38 heavy (non-hydrogen) atoms. The van der Waals surface area contributed by atoms with E-state index in [2.05, 4.69) is 47.0 Å². The van der Waals surface area contributed by atoms with Crippen LogP contribution in [0.15, 0.2) is 36.6 Å². The van der Waals surface area contributed by atoms with E-state index < -0.39 is 38.3 Å². The van der Waals surface area contributed by atoms with Crippen LogP contribution in [0, 0.1) is 11.8 Å². The zero-order valence-electron chi connectivity index (χ0n) is 23.1. The molecule has 0 unspecified atom stereocenters. The van der Waals surface area contributed by atoms with Gasteiger partial charge in [0.15, 0.2) is 8.32 Å². The molecule has 0 spiro atoms. The Morgan fingerprint density at radius 2 is 1.58 bits per heavy atom. The molecule has 3 heterocycles. The number of fused-ring (bicyclic) bond motifs is 1. The average molecular weight is 550 g/mol. The highest BCUT2D eigenvalue weighted by Gasteiger charge is 2.59. The van der Waals surface area contributed by atoms with E-state index in [1.807, 2.05) is 6.92 Å². The molecule has 210 valence electrons. The number of hydrazine groups is 1. The average Bonchev–Trinajstić information content (AvgIpc) is 3.40. The highest BCUT2D eigenvalue weighted by Crippen LogP contribution is 2.48. The molecule has 0 aromatic carbocycles. The second-order valence-electron chi connectivity index (χ2n) is 11.4. The van der Waals surface area contributed by atoms with Crippen LogP contribution in [0.25, 0.3) is 0 Å². The Morgan fingerprint density at radius 1 is 1.08 bits per heavy atom. The van der Waals surface area contributed by atoms with E-state index in [1.165, 1.54) is 17.1 Å². The van der Waals surface area contributed by atoms with Crippen molar-refractivity contribution < 1.29 is 38.2 Å². The molecule has 0 radical (unpaired) electrons. The van der Waals surface area contributed by atoms with Gasteiger partial charge in [-0.05, 0) is 37.0 Å². The summed E-state index contributed by atoms with van der Waals surface area (Å²) in [5.41, 5.74) is 0.430. The predicted octanol–water partition coefficient (Wildman–Crippen LogP) is 3.76. The van der Waals surface area contributed by atoms with E-state index in [4.69, 9.17) is 13.9 Å². The number of hydrogen-bond donors (Lipinski definition) is 1. The van der Waals surface area contributed by atoms with Crippen molar-refractivity contribution in [2.75, 3.05) is 26.3 Å². The van der Waals surface area contributed by atoms with Crippen molar-refractivity contribution in [3.05, 3.63) is 36.6 Å². The van der Waals surface area contributed by atoms with Gasteiger partial charge in [-0.2, -0.15) is 0 Å². The smallest absolute Gasteiger partial charge is 0.429 e. The van der Waals surface area contributed by atoms with E-state index >= 15 is 0 Å². The van der Waals surface area contributed by atoms with Crippen LogP contribution in [-0.4, -0.2) is 90.9 Å². The van der Waals surface area contributed by atoms with Gasteiger partial charge in [0, 0.05) is 5.92 Å². The van der Waals surface area contributed by atoms with Gasteiger partial charge in [-0.3, -0.25) is 4.79 Å². The molecule has 3 aliphatic heterocycles. The van der Waals surface area contributed by atoms with E-state index in [1.54, 1.807) is 0 Å². The molecular formula is C26H39N3O8Si. The fourth-order valence-corrected chi connectivity index (χ4v) is 6.44. The van der Waals surface area contributed by atoms with Crippen molar-refractivity contribution in [2.45, 2.75) is 64.4 Å². The summed E-state index contributed by atoms with van der Waals surface area (Å²) in [5.74, 6) is -2.50. The van der Waals surface area contributed by atoms with Gasteiger partial charge in [-0.15, -0.1) is 0 Å². The topological polar surface area (TPSA) is 126 Å². The summed E-state index contributed by atoms with van der Waals surface area (Å²) in [6.07, 6.45) is 1.17. The van der Waals surface area contributed by atoms with Crippen LogP contribution in [0.2, 0.25) is 18.1 Å². The van der Waals surface area contributed by atoms with Crippen LogP contribution in [-0.2, 0) is 23.5 Å². The Morgan fingerprint density at radius 3 is 2.00 bits per heavy atom. The van der Waals surface area contributed by atoms with E-state index in [9.17, 15) is 24.3 Å². The second-order valence-corrected chi connectivity index (χ2v) is 16.1. The lowest BCUT2D eigenvalue weighted by molar-refractivity contribution is -0.160. The van der Waals surface area contributed by atoms with Gasteiger partial charge in [0.2, 0.25) is 5.91 Å². The molecule has 0 saturated carbocycles. The van der Waals surface area contributed by atoms with E-state index in [-0.39, 0.29) is 55.1 Å². The van der Waals surface area contributed by atoms with Crippen molar-refractivity contribution in [1.29, 1.82) is 0 Å². The zero-order valence-corrected chi connectivity index (χ0v) is 24.1. The SMILES string of the molecule is C=CCOC(=O)N1CC(C2=C(C(=O)O)N3C(=O)[C@H]([C@@H](C)O[Si](C)(C)C(C)(C)C)[C@H]3C2)CN1C(=O)OCC=C. The number of carbonyl (C=O) groups excluding carboxylic acids is 3. The highest BCUT2D eigenvalue weighted by molar-refractivity contribution is 6.74. The molecule has 0 aromatic heterocycles. The number of carboxylic acids is 1.